The van der Waals surface area contributed by atoms with E-state index in [9.17, 15) is 4.39 Å². The van der Waals surface area contributed by atoms with E-state index in [4.69, 9.17) is 0 Å². The Bertz CT molecular complexity index is 482. The van der Waals surface area contributed by atoms with Gasteiger partial charge in [0.25, 0.3) is 0 Å². The molecule has 0 aliphatic carbocycles. The summed E-state index contributed by atoms with van der Waals surface area (Å²) in [6, 6.07) is 14.6. The molecule has 0 radical (unpaired) electrons. The predicted octanol–water partition coefficient (Wildman–Crippen LogP) is 4.24. The van der Waals surface area contributed by atoms with Gasteiger partial charge in [-0.25, -0.2) is 4.39 Å². The van der Waals surface area contributed by atoms with Gasteiger partial charge in [0, 0.05) is 16.7 Å². The van der Waals surface area contributed by atoms with Crippen LogP contribution in [0.1, 0.15) is 5.56 Å². The number of nitrogens with one attached hydrogen (secondary N) is 1. The molecule has 2 aromatic carbocycles. The summed E-state index contributed by atoms with van der Waals surface area (Å²) in [6.07, 6.45) is 0.929. The lowest BCUT2D eigenvalue weighted by Crippen LogP contribution is -2.05. The van der Waals surface area contributed by atoms with Crippen LogP contribution in [0.4, 0.5) is 10.1 Å². The SMILES string of the molecule is Fc1ccc(NCCc2ccccc2Br)cc1. The Labute approximate surface area is 109 Å². The molecule has 0 heterocycles. The van der Waals surface area contributed by atoms with Crippen LogP contribution in [0.5, 0.6) is 0 Å². The summed E-state index contributed by atoms with van der Waals surface area (Å²) >= 11 is 3.51. The van der Waals surface area contributed by atoms with Gasteiger partial charge in [-0.15, -0.1) is 0 Å². The minimum atomic E-state index is -0.207. The molecule has 1 nitrogen and oxygen atoms in total. The zero-order chi connectivity index (χ0) is 12.1. The minimum absolute atomic E-state index is 0.207. The molecule has 0 aromatic heterocycles. The average Bonchev–Trinajstić information content (AvgIpc) is 2.34. The van der Waals surface area contributed by atoms with Gasteiger partial charge < -0.3 is 5.32 Å². The van der Waals surface area contributed by atoms with Gasteiger partial charge >= 0.3 is 0 Å². The Morgan fingerprint density at radius 1 is 1.00 bits per heavy atom. The van der Waals surface area contributed by atoms with Crippen molar-refractivity contribution in [2.75, 3.05) is 11.9 Å². The van der Waals surface area contributed by atoms with Crippen molar-refractivity contribution >= 4 is 21.6 Å². The van der Waals surface area contributed by atoms with Crippen molar-refractivity contribution in [3.8, 4) is 0 Å². The van der Waals surface area contributed by atoms with E-state index >= 15 is 0 Å². The highest BCUT2D eigenvalue weighted by Crippen LogP contribution is 2.16. The van der Waals surface area contributed by atoms with Gasteiger partial charge in [0.05, 0.1) is 0 Å². The predicted molar refractivity (Wildman–Crippen MR) is 72.7 cm³/mol. The Kier molecular flexibility index (Phi) is 4.15. The largest absolute Gasteiger partial charge is 0.385 e. The second-order valence-corrected chi connectivity index (χ2v) is 4.63. The third kappa shape index (κ3) is 3.56. The van der Waals surface area contributed by atoms with E-state index < -0.39 is 0 Å². The van der Waals surface area contributed by atoms with Crippen molar-refractivity contribution in [3.05, 3.63) is 64.4 Å². The number of halogens is 2. The van der Waals surface area contributed by atoms with Gasteiger partial charge in [0.15, 0.2) is 0 Å². The summed E-state index contributed by atoms with van der Waals surface area (Å²) in [4.78, 5) is 0. The fourth-order valence-corrected chi connectivity index (χ4v) is 2.09. The molecule has 0 saturated heterocycles. The number of hydrogen-bond acceptors (Lipinski definition) is 1. The van der Waals surface area contributed by atoms with E-state index in [1.54, 1.807) is 12.1 Å². The quantitative estimate of drug-likeness (QED) is 0.889. The van der Waals surface area contributed by atoms with E-state index in [1.165, 1.54) is 17.7 Å². The molecule has 0 bridgehead atoms. The summed E-state index contributed by atoms with van der Waals surface area (Å²) in [5, 5.41) is 3.26. The summed E-state index contributed by atoms with van der Waals surface area (Å²) in [5.41, 5.74) is 2.21. The van der Waals surface area contributed by atoms with Crippen molar-refractivity contribution < 1.29 is 4.39 Å². The first-order valence-electron chi connectivity index (χ1n) is 5.48. The summed E-state index contributed by atoms with van der Waals surface area (Å²) < 4.78 is 13.8. The Morgan fingerprint density at radius 3 is 2.41 bits per heavy atom. The van der Waals surface area contributed by atoms with Gasteiger partial charge in [-0.3, -0.25) is 0 Å². The van der Waals surface area contributed by atoms with Crippen LogP contribution in [-0.4, -0.2) is 6.54 Å². The molecule has 1 N–H and O–H groups in total. The molecule has 0 fully saturated rings. The molecule has 17 heavy (non-hydrogen) atoms. The Balaban J connectivity index is 1.88. The van der Waals surface area contributed by atoms with Crippen molar-refractivity contribution in [3.63, 3.8) is 0 Å². The van der Waals surface area contributed by atoms with Crippen LogP contribution in [0.2, 0.25) is 0 Å². The zero-order valence-electron chi connectivity index (χ0n) is 9.29. The monoisotopic (exact) mass is 293 g/mol. The van der Waals surface area contributed by atoms with E-state index in [-0.39, 0.29) is 5.82 Å². The highest BCUT2D eigenvalue weighted by atomic mass is 79.9. The molecular weight excluding hydrogens is 281 g/mol. The number of benzene rings is 2. The fourth-order valence-electron chi connectivity index (χ4n) is 1.61. The molecule has 0 atom stereocenters. The molecule has 0 aliphatic rings. The van der Waals surface area contributed by atoms with Crippen LogP contribution >= 0.6 is 15.9 Å². The van der Waals surface area contributed by atoms with Crippen LogP contribution in [0, 0.1) is 5.82 Å². The lowest BCUT2D eigenvalue weighted by atomic mass is 10.1. The summed E-state index contributed by atoms with van der Waals surface area (Å²) in [5.74, 6) is -0.207. The average molecular weight is 294 g/mol. The molecule has 2 rings (SSSR count). The third-order valence-corrected chi connectivity index (χ3v) is 3.30. The summed E-state index contributed by atoms with van der Waals surface area (Å²) in [7, 11) is 0. The lowest BCUT2D eigenvalue weighted by molar-refractivity contribution is 0.628. The van der Waals surface area contributed by atoms with Crippen molar-refractivity contribution in [2.45, 2.75) is 6.42 Å². The van der Waals surface area contributed by atoms with Gasteiger partial charge in [-0.05, 0) is 42.3 Å². The smallest absolute Gasteiger partial charge is 0.123 e. The van der Waals surface area contributed by atoms with E-state index in [1.807, 2.05) is 18.2 Å². The van der Waals surface area contributed by atoms with Crippen molar-refractivity contribution in [1.29, 1.82) is 0 Å². The number of anilines is 1. The lowest BCUT2D eigenvalue weighted by Gasteiger charge is -2.07. The van der Waals surface area contributed by atoms with Crippen LogP contribution in [0.25, 0.3) is 0 Å². The molecular formula is C14H13BrFN. The third-order valence-electron chi connectivity index (χ3n) is 2.53. The van der Waals surface area contributed by atoms with E-state index in [0.29, 0.717) is 0 Å². The number of rotatable bonds is 4. The standard InChI is InChI=1S/C14H13BrFN/c15-14-4-2-1-3-11(14)9-10-17-13-7-5-12(16)6-8-13/h1-8,17H,9-10H2. The molecule has 0 spiro atoms. The molecule has 0 saturated carbocycles. The number of hydrogen-bond donors (Lipinski definition) is 1. The molecule has 0 aliphatic heterocycles. The van der Waals surface area contributed by atoms with Crippen molar-refractivity contribution in [2.24, 2.45) is 0 Å². The fraction of sp³-hybridized carbons (Fsp3) is 0.143. The summed E-state index contributed by atoms with van der Waals surface area (Å²) in [6.45, 7) is 0.828. The highest BCUT2D eigenvalue weighted by molar-refractivity contribution is 9.10. The second kappa shape index (κ2) is 5.82. The van der Waals surface area contributed by atoms with Crippen molar-refractivity contribution in [1.82, 2.24) is 0 Å². The van der Waals surface area contributed by atoms with Gasteiger partial charge in [-0.1, -0.05) is 34.1 Å². The first kappa shape index (κ1) is 12.1. The highest BCUT2D eigenvalue weighted by Gasteiger charge is 1.98. The molecule has 88 valence electrons. The maximum Gasteiger partial charge on any atom is 0.123 e. The van der Waals surface area contributed by atoms with Gasteiger partial charge in [-0.2, -0.15) is 0 Å². The Morgan fingerprint density at radius 2 is 1.71 bits per heavy atom. The Hall–Kier alpha value is -1.35. The van der Waals surface area contributed by atoms with Crippen LogP contribution < -0.4 is 5.32 Å². The topological polar surface area (TPSA) is 12.0 Å². The molecule has 0 amide bonds. The molecule has 3 heteroatoms. The molecule has 0 unspecified atom stereocenters. The first-order chi connectivity index (χ1) is 8.25. The normalized spacial score (nSPS) is 10.2. The molecule has 2 aromatic rings. The minimum Gasteiger partial charge on any atom is -0.385 e. The first-order valence-corrected chi connectivity index (χ1v) is 6.28. The maximum atomic E-state index is 12.7. The van der Waals surface area contributed by atoms with Crippen LogP contribution in [-0.2, 0) is 6.42 Å². The maximum absolute atomic E-state index is 12.7. The second-order valence-electron chi connectivity index (χ2n) is 3.78. The van der Waals surface area contributed by atoms with Crippen LogP contribution in [0.3, 0.4) is 0 Å². The van der Waals surface area contributed by atoms with E-state index in [2.05, 4.69) is 27.3 Å². The van der Waals surface area contributed by atoms with Gasteiger partial charge in [0.2, 0.25) is 0 Å². The van der Waals surface area contributed by atoms with E-state index in [0.717, 1.165) is 23.1 Å². The van der Waals surface area contributed by atoms with Gasteiger partial charge in [0.1, 0.15) is 5.82 Å². The van der Waals surface area contributed by atoms with Crippen LogP contribution in [0.15, 0.2) is 53.0 Å². The zero-order valence-corrected chi connectivity index (χ0v) is 10.9.